The van der Waals surface area contributed by atoms with Crippen LogP contribution in [0.15, 0.2) is 28.8 Å². The van der Waals surface area contributed by atoms with E-state index < -0.39 is 5.41 Å². The lowest BCUT2D eigenvalue weighted by Crippen LogP contribution is -2.31. The fourth-order valence-corrected chi connectivity index (χ4v) is 2.85. The summed E-state index contributed by atoms with van der Waals surface area (Å²) in [6.45, 7) is 5.84. The number of ketones is 1. The summed E-state index contributed by atoms with van der Waals surface area (Å²) in [4.78, 5) is 27.3. The fraction of sp³-hybridized carbons (Fsp3) is 0.500. The van der Waals surface area contributed by atoms with Crippen molar-refractivity contribution < 1.29 is 9.59 Å². The third kappa shape index (κ3) is 2.15. The highest BCUT2D eigenvalue weighted by Crippen LogP contribution is 2.45. The molecule has 1 heterocycles. The van der Waals surface area contributed by atoms with E-state index in [9.17, 15) is 9.59 Å². The Morgan fingerprint density at radius 2 is 2.17 bits per heavy atom. The van der Waals surface area contributed by atoms with Gasteiger partial charge in [-0.15, -0.1) is 0 Å². The van der Waals surface area contributed by atoms with E-state index >= 15 is 0 Å². The molecule has 1 amide bonds. The molecule has 0 radical (unpaired) electrons. The Morgan fingerprint density at radius 3 is 2.72 bits per heavy atom. The maximum Gasteiger partial charge on any atom is 0.223 e. The smallest absolute Gasteiger partial charge is 0.223 e. The minimum Gasteiger partial charge on any atom is -0.369 e. The summed E-state index contributed by atoms with van der Waals surface area (Å²) < 4.78 is 0. The maximum absolute atomic E-state index is 11.5. The molecule has 0 aromatic heterocycles. The second-order valence-corrected chi connectivity index (χ2v) is 5.76. The molecular weight excluding hydrogens is 228 g/mol. The van der Waals surface area contributed by atoms with Crippen LogP contribution in [0.1, 0.15) is 33.6 Å². The standard InChI is InChI=1S/C14H18N2O2/c1-9-7-14(5-4-10(9)17)8-13(2,3)16-11(14)6-12(15)18/h4-5,7H,6,8H2,1-3H3,(H2,15,18)/t14-/m0/s1. The average molecular weight is 246 g/mol. The Labute approximate surface area is 107 Å². The number of aliphatic imine (C=N–C) groups is 1. The van der Waals surface area contributed by atoms with Crippen molar-refractivity contribution in [2.24, 2.45) is 16.1 Å². The molecule has 1 atom stereocenters. The predicted molar refractivity (Wildman–Crippen MR) is 70.3 cm³/mol. The minimum absolute atomic E-state index is 0.0174. The molecule has 96 valence electrons. The SMILES string of the molecule is CC1=C[C@@]2(C=CC1=O)CC(C)(C)N=C2CC(N)=O. The highest BCUT2D eigenvalue weighted by atomic mass is 16.1. The molecule has 4 heteroatoms. The third-order valence-corrected chi connectivity index (χ3v) is 3.44. The van der Waals surface area contributed by atoms with Gasteiger partial charge in [0, 0.05) is 11.1 Å². The predicted octanol–water partition coefficient (Wildman–Crippen LogP) is 1.56. The van der Waals surface area contributed by atoms with E-state index in [2.05, 4.69) is 4.99 Å². The number of rotatable bonds is 2. The highest BCUT2D eigenvalue weighted by Gasteiger charge is 2.45. The first kappa shape index (κ1) is 12.7. The van der Waals surface area contributed by atoms with Crippen LogP contribution >= 0.6 is 0 Å². The van der Waals surface area contributed by atoms with Gasteiger partial charge in [0.25, 0.3) is 0 Å². The molecule has 1 aliphatic carbocycles. The number of primary amides is 1. The van der Waals surface area contributed by atoms with Crippen molar-refractivity contribution >= 4 is 17.4 Å². The van der Waals surface area contributed by atoms with Crippen molar-refractivity contribution in [2.75, 3.05) is 0 Å². The number of carbonyl (C=O) groups is 2. The molecule has 0 bridgehead atoms. The molecule has 0 fully saturated rings. The lowest BCUT2D eigenvalue weighted by Gasteiger charge is -2.28. The van der Waals surface area contributed by atoms with Gasteiger partial charge < -0.3 is 5.73 Å². The van der Waals surface area contributed by atoms with Crippen LogP contribution in [-0.4, -0.2) is 22.9 Å². The van der Waals surface area contributed by atoms with Gasteiger partial charge in [0.15, 0.2) is 5.78 Å². The summed E-state index contributed by atoms with van der Waals surface area (Å²) in [5.74, 6) is -0.370. The van der Waals surface area contributed by atoms with E-state index in [4.69, 9.17) is 5.73 Å². The van der Waals surface area contributed by atoms with Crippen molar-refractivity contribution in [2.45, 2.75) is 39.2 Å². The van der Waals surface area contributed by atoms with Crippen LogP contribution in [0.5, 0.6) is 0 Å². The molecular formula is C14H18N2O2. The summed E-state index contributed by atoms with van der Waals surface area (Å²) in [6, 6.07) is 0. The number of hydrogen-bond donors (Lipinski definition) is 1. The number of carbonyl (C=O) groups excluding carboxylic acids is 2. The normalized spacial score (nSPS) is 29.4. The van der Waals surface area contributed by atoms with Crippen molar-refractivity contribution in [1.29, 1.82) is 0 Å². The van der Waals surface area contributed by atoms with Gasteiger partial charge in [0.2, 0.25) is 5.91 Å². The molecule has 0 saturated heterocycles. The van der Waals surface area contributed by atoms with Gasteiger partial charge in [-0.25, -0.2) is 0 Å². The van der Waals surface area contributed by atoms with Crippen LogP contribution < -0.4 is 5.73 Å². The maximum atomic E-state index is 11.5. The first-order valence-corrected chi connectivity index (χ1v) is 6.05. The largest absolute Gasteiger partial charge is 0.369 e. The van der Waals surface area contributed by atoms with E-state index in [-0.39, 0.29) is 23.7 Å². The first-order valence-electron chi connectivity index (χ1n) is 6.05. The van der Waals surface area contributed by atoms with Gasteiger partial charge in [-0.2, -0.15) is 0 Å². The number of amides is 1. The second kappa shape index (κ2) is 3.90. The first-order chi connectivity index (χ1) is 8.24. The van der Waals surface area contributed by atoms with Crippen molar-refractivity contribution in [3.63, 3.8) is 0 Å². The zero-order valence-electron chi connectivity index (χ0n) is 11.0. The van der Waals surface area contributed by atoms with Crippen molar-refractivity contribution in [3.05, 3.63) is 23.8 Å². The Balaban J connectivity index is 2.44. The Bertz CT molecular complexity index is 512. The van der Waals surface area contributed by atoms with Crippen LogP contribution in [0.3, 0.4) is 0 Å². The molecule has 18 heavy (non-hydrogen) atoms. The number of allylic oxidation sites excluding steroid dienone is 4. The van der Waals surface area contributed by atoms with E-state index in [0.29, 0.717) is 5.57 Å². The lowest BCUT2D eigenvalue weighted by atomic mass is 9.72. The molecule has 1 aliphatic heterocycles. The third-order valence-electron chi connectivity index (χ3n) is 3.44. The fourth-order valence-electron chi connectivity index (χ4n) is 2.85. The number of hydrogen-bond acceptors (Lipinski definition) is 3. The van der Waals surface area contributed by atoms with E-state index in [1.165, 1.54) is 0 Å². The molecule has 0 aromatic rings. The minimum atomic E-state index is -0.406. The van der Waals surface area contributed by atoms with Crippen LogP contribution in [-0.2, 0) is 9.59 Å². The van der Waals surface area contributed by atoms with Gasteiger partial charge >= 0.3 is 0 Å². The van der Waals surface area contributed by atoms with Gasteiger partial charge in [-0.1, -0.05) is 12.2 Å². The van der Waals surface area contributed by atoms with Crippen molar-refractivity contribution in [3.8, 4) is 0 Å². The van der Waals surface area contributed by atoms with Crippen LogP contribution in [0.2, 0.25) is 0 Å². The highest BCUT2D eigenvalue weighted by molar-refractivity contribution is 6.11. The van der Waals surface area contributed by atoms with Gasteiger partial charge in [-0.3, -0.25) is 14.6 Å². The van der Waals surface area contributed by atoms with Gasteiger partial charge in [0.1, 0.15) is 0 Å². The van der Waals surface area contributed by atoms with Crippen LogP contribution in [0.4, 0.5) is 0 Å². The summed E-state index contributed by atoms with van der Waals surface area (Å²) >= 11 is 0. The quantitative estimate of drug-likeness (QED) is 0.803. The Hall–Kier alpha value is -1.71. The Morgan fingerprint density at radius 1 is 1.50 bits per heavy atom. The molecule has 2 rings (SSSR count). The molecule has 1 spiro atoms. The van der Waals surface area contributed by atoms with Crippen molar-refractivity contribution in [1.82, 2.24) is 0 Å². The summed E-state index contributed by atoms with van der Waals surface area (Å²) in [5.41, 5.74) is 6.11. The summed E-state index contributed by atoms with van der Waals surface area (Å²) in [5, 5.41) is 0. The summed E-state index contributed by atoms with van der Waals surface area (Å²) in [7, 11) is 0. The molecule has 0 aromatic carbocycles. The van der Waals surface area contributed by atoms with E-state index in [1.54, 1.807) is 13.0 Å². The molecule has 4 nitrogen and oxygen atoms in total. The number of nitrogens with two attached hydrogens (primary N) is 1. The zero-order valence-corrected chi connectivity index (χ0v) is 11.0. The second-order valence-electron chi connectivity index (χ2n) is 5.76. The Kier molecular flexibility index (Phi) is 2.76. The van der Waals surface area contributed by atoms with Crippen LogP contribution in [0.25, 0.3) is 0 Å². The summed E-state index contributed by atoms with van der Waals surface area (Å²) in [6.07, 6.45) is 6.27. The zero-order chi connectivity index (χ0) is 13.6. The topological polar surface area (TPSA) is 72.5 Å². The number of nitrogens with zero attached hydrogens (tertiary/aromatic N) is 1. The molecule has 0 unspecified atom stereocenters. The lowest BCUT2D eigenvalue weighted by molar-refractivity contribution is -0.117. The monoisotopic (exact) mass is 246 g/mol. The van der Waals surface area contributed by atoms with E-state index in [0.717, 1.165) is 12.1 Å². The molecule has 2 aliphatic rings. The van der Waals surface area contributed by atoms with Gasteiger partial charge in [-0.05, 0) is 38.8 Å². The van der Waals surface area contributed by atoms with E-state index in [1.807, 2.05) is 26.0 Å². The van der Waals surface area contributed by atoms with Crippen LogP contribution in [0, 0.1) is 5.41 Å². The average Bonchev–Trinajstić information content (AvgIpc) is 2.43. The molecule has 2 N–H and O–H groups in total. The van der Waals surface area contributed by atoms with Gasteiger partial charge in [0.05, 0.1) is 12.0 Å². The molecule has 0 saturated carbocycles.